The average molecular weight is 888 g/mol. The fourth-order valence-electron chi connectivity index (χ4n) is 7.39. The van der Waals surface area contributed by atoms with Gasteiger partial charge in [0.1, 0.15) is 23.9 Å². The van der Waals surface area contributed by atoms with Crippen molar-refractivity contribution in [1.29, 1.82) is 0 Å². The fraction of sp³-hybridized carbons (Fsp3) is 0.385. The van der Waals surface area contributed by atoms with Crippen LogP contribution >= 0.6 is 11.3 Å². The molecule has 0 radical (unpaired) electrons. The van der Waals surface area contributed by atoms with Gasteiger partial charge in [0.05, 0.1) is 55.6 Å². The lowest BCUT2D eigenvalue weighted by Gasteiger charge is -2.29. The SMILES string of the molecule is C=CC(=O)OCCCCCCOc1ccc(COc2ccc(C3CCC(OCc4ccc(OCCCCCCOC(=O)C=C)cc4)CC3)cc2/C=N/Nc2nc3ccccc3s2)cc1. The topological polar surface area (TPSA) is 127 Å². The van der Waals surface area contributed by atoms with E-state index in [2.05, 4.69) is 65.1 Å². The summed E-state index contributed by atoms with van der Waals surface area (Å²) in [5.41, 5.74) is 8.43. The molecule has 0 bridgehead atoms. The molecule has 0 spiro atoms. The van der Waals surface area contributed by atoms with Crippen molar-refractivity contribution in [1.82, 2.24) is 4.98 Å². The maximum Gasteiger partial charge on any atom is 0.330 e. The maximum atomic E-state index is 11.1. The van der Waals surface area contributed by atoms with Crippen LogP contribution in [0.15, 0.2) is 121 Å². The van der Waals surface area contributed by atoms with Crippen molar-refractivity contribution in [2.75, 3.05) is 31.9 Å². The van der Waals surface area contributed by atoms with Gasteiger partial charge in [0, 0.05) is 17.7 Å². The third kappa shape index (κ3) is 16.3. The van der Waals surface area contributed by atoms with Crippen molar-refractivity contribution in [3.8, 4) is 17.2 Å². The monoisotopic (exact) mass is 887 g/mol. The highest BCUT2D eigenvalue weighted by Crippen LogP contribution is 2.36. The number of nitrogens with one attached hydrogen (secondary N) is 1. The molecule has 1 fully saturated rings. The van der Waals surface area contributed by atoms with E-state index in [0.29, 0.717) is 45.6 Å². The standard InChI is InChI=1S/C52H61N3O8S/c1-3-50(56)60-33-13-7-5-11-31-58-44-24-17-39(18-25-44)37-62-46-28-21-41(22-29-46)42-23-30-48(43(35-42)36-53-55-52-54-47-15-9-10-16-49(47)64-52)63-38-40-19-26-45(27-20-40)59-32-12-6-8-14-34-61-51(57)4-2/h3-4,9-10,15-20,23-27,30,35-36,41,46H,1-2,5-8,11-14,21-22,28-29,31-34,37-38H2,(H,54,55)/b53-36+. The summed E-state index contributed by atoms with van der Waals surface area (Å²) in [5.74, 6) is 2.12. The van der Waals surface area contributed by atoms with Gasteiger partial charge in [-0.2, -0.15) is 5.10 Å². The first-order valence-electron chi connectivity index (χ1n) is 22.5. The number of hydrogen-bond donors (Lipinski definition) is 1. The van der Waals surface area contributed by atoms with E-state index in [1.165, 1.54) is 17.7 Å². The van der Waals surface area contributed by atoms with Crippen LogP contribution in [0, 0.1) is 0 Å². The second kappa shape index (κ2) is 26.6. The van der Waals surface area contributed by atoms with Gasteiger partial charge in [-0.25, -0.2) is 14.6 Å². The highest BCUT2D eigenvalue weighted by Gasteiger charge is 2.24. The molecule has 6 rings (SSSR count). The van der Waals surface area contributed by atoms with Gasteiger partial charge < -0.3 is 28.4 Å². The third-order valence-electron chi connectivity index (χ3n) is 11.0. The van der Waals surface area contributed by atoms with Crippen molar-refractivity contribution in [3.05, 3.63) is 139 Å². The molecule has 11 nitrogen and oxygen atoms in total. The number of aromatic nitrogens is 1. The molecule has 1 aliphatic carbocycles. The molecule has 1 aliphatic rings. The summed E-state index contributed by atoms with van der Waals surface area (Å²) in [6, 6.07) is 30.8. The van der Waals surface area contributed by atoms with Gasteiger partial charge in [-0.15, -0.1) is 0 Å². The van der Waals surface area contributed by atoms with Crippen LogP contribution in [0.25, 0.3) is 10.2 Å². The average Bonchev–Trinajstić information content (AvgIpc) is 3.75. The van der Waals surface area contributed by atoms with Gasteiger partial charge in [-0.1, -0.05) is 67.0 Å². The Balaban J connectivity index is 0.953. The minimum atomic E-state index is -0.374. The Bertz CT molecular complexity index is 2200. The van der Waals surface area contributed by atoms with Crippen LogP contribution in [-0.4, -0.2) is 55.7 Å². The van der Waals surface area contributed by atoms with Crippen molar-refractivity contribution in [2.24, 2.45) is 5.10 Å². The van der Waals surface area contributed by atoms with Crippen LogP contribution < -0.4 is 19.6 Å². The molecule has 1 N–H and O–H groups in total. The third-order valence-corrected chi connectivity index (χ3v) is 11.9. The number of thiazole rings is 1. The minimum absolute atomic E-state index is 0.220. The van der Waals surface area contributed by atoms with Gasteiger partial charge >= 0.3 is 11.9 Å². The second-order valence-corrected chi connectivity index (χ2v) is 16.8. The molecule has 0 unspecified atom stereocenters. The number of unbranched alkanes of at least 4 members (excludes halogenated alkanes) is 6. The quantitative estimate of drug-likeness (QED) is 0.0170. The predicted molar refractivity (Wildman–Crippen MR) is 255 cm³/mol. The summed E-state index contributed by atoms with van der Waals surface area (Å²) in [4.78, 5) is 26.9. The number of rotatable bonds is 28. The molecule has 12 heteroatoms. The van der Waals surface area contributed by atoms with Crippen LogP contribution in [0.1, 0.15) is 105 Å². The number of benzene rings is 4. The molecule has 0 aliphatic heterocycles. The van der Waals surface area contributed by atoms with Crippen LogP contribution in [-0.2, 0) is 37.0 Å². The largest absolute Gasteiger partial charge is 0.494 e. The van der Waals surface area contributed by atoms with Gasteiger partial charge in [0.25, 0.3) is 0 Å². The predicted octanol–water partition coefficient (Wildman–Crippen LogP) is 11.9. The van der Waals surface area contributed by atoms with E-state index in [0.717, 1.165) is 126 Å². The summed E-state index contributed by atoms with van der Waals surface area (Å²) < 4.78 is 35.9. The first kappa shape index (κ1) is 47.5. The number of esters is 2. The summed E-state index contributed by atoms with van der Waals surface area (Å²) in [6.07, 6.45) is 16.1. The van der Waals surface area contributed by atoms with Gasteiger partial charge in [-0.3, -0.25) is 5.43 Å². The van der Waals surface area contributed by atoms with E-state index in [4.69, 9.17) is 28.4 Å². The van der Waals surface area contributed by atoms with Gasteiger partial charge in [0.2, 0.25) is 5.13 Å². The molecule has 1 saturated carbocycles. The molecule has 0 atom stereocenters. The van der Waals surface area contributed by atoms with Crippen LogP contribution in [0.3, 0.4) is 0 Å². The normalized spacial score (nSPS) is 14.8. The molecule has 64 heavy (non-hydrogen) atoms. The number of nitrogens with zero attached hydrogens (tertiary/aromatic N) is 2. The maximum absolute atomic E-state index is 11.1. The zero-order valence-electron chi connectivity index (χ0n) is 36.8. The Hall–Kier alpha value is -5.98. The number of para-hydroxylation sites is 1. The van der Waals surface area contributed by atoms with Gasteiger partial charge in [-0.05, 0) is 148 Å². The lowest BCUT2D eigenvalue weighted by atomic mass is 9.82. The molecule has 1 aromatic heterocycles. The zero-order chi connectivity index (χ0) is 44.6. The Morgan fingerprint density at radius 3 is 1.84 bits per heavy atom. The van der Waals surface area contributed by atoms with E-state index in [-0.39, 0.29) is 18.0 Å². The Labute approximate surface area is 381 Å². The summed E-state index contributed by atoms with van der Waals surface area (Å²) in [5, 5.41) is 5.34. The number of carbonyl (C=O) groups excluding carboxylic acids is 2. The number of ether oxygens (including phenoxy) is 6. The molecule has 0 saturated heterocycles. The summed E-state index contributed by atoms with van der Waals surface area (Å²) in [7, 11) is 0. The van der Waals surface area contributed by atoms with E-state index in [9.17, 15) is 9.59 Å². The molecular weight excluding hydrogens is 827 g/mol. The molecular formula is C52H61N3O8S. The highest BCUT2D eigenvalue weighted by molar-refractivity contribution is 7.22. The van der Waals surface area contributed by atoms with Gasteiger partial charge in [0.15, 0.2) is 0 Å². The second-order valence-electron chi connectivity index (χ2n) is 15.8. The van der Waals surface area contributed by atoms with E-state index in [1.54, 1.807) is 11.3 Å². The lowest BCUT2D eigenvalue weighted by molar-refractivity contribution is -0.138. The Kier molecular flexibility index (Phi) is 19.7. The van der Waals surface area contributed by atoms with E-state index >= 15 is 0 Å². The molecule has 4 aromatic carbocycles. The fourth-order valence-corrected chi connectivity index (χ4v) is 8.21. The highest BCUT2D eigenvalue weighted by atomic mass is 32.1. The first-order valence-corrected chi connectivity index (χ1v) is 23.3. The number of carbonyl (C=O) groups is 2. The van der Waals surface area contributed by atoms with E-state index in [1.807, 2.05) is 60.8 Å². The molecule has 1 heterocycles. The number of fused-ring (bicyclic) bond motifs is 1. The van der Waals surface area contributed by atoms with Crippen molar-refractivity contribution in [3.63, 3.8) is 0 Å². The van der Waals surface area contributed by atoms with Crippen LogP contribution in [0.2, 0.25) is 0 Å². The van der Waals surface area contributed by atoms with Crippen molar-refractivity contribution < 1.29 is 38.0 Å². The smallest absolute Gasteiger partial charge is 0.330 e. The first-order chi connectivity index (χ1) is 31.4. The number of hydrogen-bond acceptors (Lipinski definition) is 12. The minimum Gasteiger partial charge on any atom is -0.494 e. The lowest BCUT2D eigenvalue weighted by Crippen LogP contribution is -2.20. The van der Waals surface area contributed by atoms with Crippen molar-refractivity contribution >= 4 is 44.8 Å². The number of anilines is 1. The van der Waals surface area contributed by atoms with E-state index < -0.39 is 0 Å². The number of hydrazone groups is 1. The molecule has 338 valence electrons. The zero-order valence-corrected chi connectivity index (χ0v) is 37.6. The summed E-state index contributed by atoms with van der Waals surface area (Å²) >= 11 is 1.57. The van der Waals surface area contributed by atoms with Crippen molar-refractivity contribution in [2.45, 2.75) is 102 Å². The molecule has 5 aromatic rings. The van der Waals surface area contributed by atoms with Crippen LogP contribution in [0.4, 0.5) is 5.13 Å². The Morgan fingerprint density at radius 1 is 0.672 bits per heavy atom. The molecule has 0 amide bonds. The van der Waals surface area contributed by atoms with Crippen LogP contribution in [0.5, 0.6) is 17.2 Å². The summed E-state index contributed by atoms with van der Waals surface area (Å²) in [6.45, 7) is 9.95. The Morgan fingerprint density at radius 2 is 1.25 bits per heavy atom.